The van der Waals surface area contributed by atoms with Gasteiger partial charge in [-0.25, -0.2) is 9.59 Å². The van der Waals surface area contributed by atoms with Crippen LogP contribution in [0.4, 0.5) is 0 Å². The van der Waals surface area contributed by atoms with E-state index in [9.17, 15) is 30.0 Å². The molecule has 146 valence electrons. The minimum atomic E-state index is -2.65. The number of carbonyl (C=O) groups is 3. The van der Waals surface area contributed by atoms with Crippen LogP contribution in [0.3, 0.4) is 0 Å². The van der Waals surface area contributed by atoms with Gasteiger partial charge in [0.2, 0.25) is 0 Å². The molecule has 2 N–H and O–H groups in total. The first-order valence-electron chi connectivity index (χ1n) is 8.01. The summed E-state index contributed by atoms with van der Waals surface area (Å²) in [5, 5.41) is 32.8. The van der Waals surface area contributed by atoms with Crippen LogP contribution in [0.15, 0.2) is 21.8 Å². The maximum absolute atomic E-state index is 13.0. The topological polar surface area (TPSA) is 150 Å². The van der Waals surface area contributed by atoms with E-state index in [1.54, 1.807) is 12.1 Å². The molecule has 0 saturated heterocycles. The van der Waals surface area contributed by atoms with Crippen LogP contribution in [0.2, 0.25) is 0 Å². The second kappa shape index (κ2) is 5.95. The third-order valence-electron chi connectivity index (χ3n) is 5.59. The lowest BCUT2D eigenvalue weighted by atomic mass is 9.55. The van der Waals surface area contributed by atoms with Gasteiger partial charge in [-0.3, -0.25) is 4.79 Å². The van der Waals surface area contributed by atoms with Crippen molar-refractivity contribution in [2.45, 2.75) is 24.5 Å². The van der Waals surface area contributed by atoms with Crippen LogP contribution < -0.4 is 5.32 Å². The number of ether oxygens (including phenoxy) is 2. The summed E-state index contributed by atoms with van der Waals surface area (Å²) < 4.78 is 9.67. The van der Waals surface area contributed by atoms with Crippen LogP contribution in [0.25, 0.3) is 0 Å². The number of methoxy groups -OCH3 is 1. The van der Waals surface area contributed by atoms with Crippen molar-refractivity contribution in [2.75, 3.05) is 13.7 Å². The van der Waals surface area contributed by atoms with Gasteiger partial charge in [-0.1, -0.05) is 23.2 Å². The van der Waals surface area contributed by atoms with Gasteiger partial charge in [-0.05, 0) is 13.0 Å². The van der Waals surface area contributed by atoms with E-state index in [2.05, 4.69) is 10.1 Å². The van der Waals surface area contributed by atoms with Crippen molar-refractivity contribution >= 4 is 40.9 Å². The zero-order valence-corrected chi connectivity index (χ0v) is 16.1. The van der Waals surface area contributed by atoms with Crippen molar-refractivity contribution in [2.24, 2.45) is 10.8 Å². The molecule has 0 unspecified atom stereocenters. The van der Waals surface area contributed by atoms with E-state index < -0.39 is 61.9 Å². The molecule has 3 aliphatic rings. The number of ketones is 1. The Bertz CT molecular complexity index is 978. The third-order valence-corrected chi connectivity index (χ3v) is 6.51. The molecule has 0 spiro atoms. The SMILES string of the molecule is CCOC(=O)[C@@]12C[C@@]3(C#N)C(=O)C(Cl)=C(Cl)[C@]1(O)[C@@]3(C#N)C=C(C(=O)OC)N2. The number of nitrogens with zero attached hydrogens (tertiary/aromatic N) is 2. The van der Waals surface area contributed by atoms with Crippen LogP contribution in [-0.4, -0.2) is 47.7 Å². The van der Waals surface area contributed by atoms with E-state index >= 15 is 0 Å². The minimum absolute atomic E-state index is 0.127. The molecular weight excluding hydrogens is 413 g/mol. The fraction of sp³-hybridized carbons (Fsp3) is 0.471. The van der Waals surface area contributed by atoms with Crippen LogP contribution in [0, 0.1) is 33.5 Å². The molecule has 3 rings (SSSR count). The fourth-order valence-electron chi connectivity index (χ4n) is 4.35. The molecule has 1 saturated carbocycles. The van der Waals surface area contributed by atoms with Crippen LogP contribution in [0.1, 0.15) is 13.3 Å². The molecule has 4 atom stereocenters. The Morgan fingerprint density at radius 1 is 1.36 bits per heavy atom. The lowest BCUT2D eigenvalue weighted by Crippen LogP contribution is -2.73. The predicted molar refractivity (Wildman–Crippen MR) is 92.0 cm³/mol. The summed E-state index contributed by atoms with van der Waals surface area (Å²) in [5.74, 6) is -3.13. The summed E-state index contributed by atoms with van der Waals surface area (Å²) in [6, 6.07) is 3.50. The standard InChI is InChI=1S/C17H13Cl2N3O6/c1-3-28-13(25)16-5-14(6-20)11(23)9(18)10(19)17(16,26)15(14,7-21)4-8(22-16)12(24)27-2/h4,22,26H,3,5H2,1-2H3/t14-,15-,16+,17+/m1/s1. The Morgan fingerprint density at radius 2 is 2.00 bits per heavy atom. The second-order valence-electron chi connectivity index (χ2n) is 6.58. The summed E-state index contributed by atoms with van der Waals surface area (Å²) in [6.45, 7) is 1.37. The quantitative estimate of drug-likeness (QED) is 0.611. The zero-order chi connectivity index (χ0) is 21.1. The van der Waals surface area contributed by atoms with Gasteiger partial charge in [-0.2, -0.15) is 10.5 Å². The fourth-order valence-corrected chi connectivity index (χ4v) is 5.05. The molecule has 28 heavy (non-hydrogen) atoms. The number of allylic oxidation sites excluding steroid dienone is 1. The number of hydrogen-bond donors (Lipinski definition) is 2. The number of hydrogen-bond acceptors (Lipinski definition) is 9. The Labute approximate surface area is 169 Å². The molecule has 0 aromatic rings. The van der Waals surface area contributed by atoms with Crippen molar-refractivity contribution in [3.05, 3.63) is 21.8 Å². The monoisotopic (exact) mass is 425 g/mol. The summed E-state index contributed by atoms with van der Waals surface area (Å²) >= 11 is 12.2. The van der Waals surface area contributed by atoms with Crippen LogP contribution in [-0.2, 0) is 23.9 Å². The van der Waals surface area contributed by atoms with Gasteiger partial charge in [-0.15, -0.1) is 0 Å². The third kappa shape index (κ3) is 1.77. The molecule has 0 aromatic heterocycles. The van der Waals surface area contributed by atoms with Crippen LogP contribution in [0.5, 0.6) is 0 Å². The minimum Gasteiger partial charge on any atom is -0.464 e. The number of carbonyl (C=O) groups excluding carboxylic acids is 3. The summed E-state index contributed by atoms with van der Waals surface area (Å²) in [4.78, 5) is 38.1. The highest BCUT2D eigenvalue weighted by Gasteiger charge is 2.88. The highest BCUT2D eigenvalue weighted by molar-refractivity contribution is 6.51. The molecule has 1 aliphatic heterocycles. The van der Waals surface area contributed by atoms with Gasteiger partial charge in [0.25, 0.3) is 0 Å². The maximum atomic E-state index is 13.0. The first kappa shape index (κ1) is 20.2. The van der Waals surface area contributed by atoms with E-state index in [4.69, 9.17) is 27.9 Å². The van der Waals surface area contributed by atoms with Gasteiger partial charge in [0.1, 0.15) is 21.6 Å². The number of rotatable bonds is 3. The predicted octanol–water partition coefficient (Wildman–Crippen LogP) is 0.375. The van der Waals surface area contributed by atoms with Crippen molar-refractivity contribution < 1.29 is 29.0 Å². The summed E-state index contributed by atoms with van der Waals surface area (Å²) in [7, 11) is 1.06. The van der Waals surface area contributed by atoms with Crippen molar-refractivity contribution in [3.8, 4) is 12.1 Å². The lowest BCUT2D eigenvalue weighted by molar-refractivity contribution is -0.164. The first-order chi connectivity index (χ1) is 13.1. The van der Waals surface area contributed by atoms with E-state index in [1.807, 2.05) is 0 Å². The highest BCUT2D eigenvalue weighted by atomic mass is 35.5. The average molecular weight is 426 g/mol. The Hall–Kier alpha value is -2.59. The number of Topliss-reactive ketones (excluding diaryl/α,β-unsaturated/α-hetero) is 1. The molecule has 9 nitrogen and oxygen atoms in total. The zero-order valence-electron chi connectivity index (χ0n) is 14.6. The normalized spacial score (nSPS) is 38.0. The molecular formula is C17H13Cl2N3O6. The largest absolute Gasteiger partial charge is 0.464 e. The number of aliphatic hydroxyl groups is 1. The molecule has 0 amide bonds. The lowest BCUT2D eigenvalue weighted by Gasteiger charge is -2.51. The first-order valence-corrected chi connectivity index (χ1v) is 8.76. The van der Waals surface area contributed by atoms with Crippen molar-refractivity contribution in [1.29, 1.82) is 10.5 Å². The van der Waals surface area contributed by atoms with E-state index in [0.29, 0.717) is 0 Å². The summed E-state index contributed by atoms with van der Waals surface area (Å²) in [6.07, 6.45) is 0.192. The number of esters is 2. The van der Waals surface area contributed by atoms with Gasteiger partial charge < -0.3 is 19.9 Å². The van der Waals surface area contributed by atoms with Gasteiger partial charge in [0.15, 0.2) is 16.9 Å². The van der Waals surface area contributed by atoms with Crippen molar-refractivity contribution in [1.82, 2.24) is 5.32 Å². The molecule has 0 radical (unpaired) electrons. The Kier molecular flexibility index (Phi) is 4.28. The molecule has 2 aliphatic carbocycles. The van der Waals surface area contributed by atoms with Gasteiger partial charge >= 0.3 is 11.9 Å². The Balaban J connectivity index is 2.52. The summed E-state index contributed by atoms with van der Waals surface area (Å²) in [5.41, 5.74) is -10.1. The smallest absolute Gasteiger partial charge is 0.353 e. The molecule has 1 heterocycles. The highest BCUT2D eigenvalue weighted by Crippen LogP contribution is 2.72. The molecule has 0 aromatic carbocycles. The van der Waals surface area contributed by atoms with Crippen LogP contribution >= 0.6 is 23.2 Å². The van der Waals surface area contributed by atoms with Crippen molar-refractivity contribution in [3.63, 3.8) is 0 Å². The van der Waals surface area contributed by atoms with Gasteiger partial charge in [0.05, 0.1) is 30.9 Å². The number of nitriles is 2. The Morgan fingerprint density at radius 3 is 2.50 bits per heavy atom. The van der Waals surface area contributed by atoms with E-state index in [0.717, 1.165) is 13.2 Å². The van der Waals surface area contributed by atoms with Gasteiger partial charge in [0, 0.05) is 6.42 Å². The number of halogens is 2. The molecule has 11 heteroatoms. The van der Waals surface area contributed by atoms with E-state index in [1.165, 1.54) is 6.92 Å². The average Bonchev–Trinajstić information content (AvgIpc) is 2.77. The van der Waals surface area contributed by atoms with E-state index in [-0.39, 0.29) is 6.61 Å². The molecule has 4 bridgehead atoms. The maximum Gasteiger partial charge on any atom is 0.353 e. The number of nitrogens with one attached hydrogen (secondary N) is 1. The second-order valence-corrected chi connectivity index (χ2v) is 7.34. The molecule has 1 fully saturated rings.